The molecule has 23 heavy (non-hydrogen) atoms. The van der Waals surface area contributed by atoms with E-state index >= 15 is 0 Å². The standard InChI is InChI=1S/C18H27N3O2/c1-17(2,3)23-16(22)21-10-9-18(12-19-13-20-18)15(11-21)14-7-5-4-6-8-14/h4-8,15,19-20H,9-13H2,1-3H3. The van der Waals surface area contributed by atoms with Gasteiger partial charge < -0.3 is 15.0 Å². The number of hydrogen-bond donors (Lipinski definition) is 2. The van der Waals surface area contributed by atoms with Gasteiger partial charge in [-0.25, -0.2) is 4.79 Å². The number of ether oxygens (including phenoxy) is 1. The van der Waals surface area contributed by atoms with E-state index in [0.29, 0.717) is 6.54 Å². The molecule has 2 fully saturated rings. The van der Waals surface area contributed by atoms with Crippen molar-refractivity contribution in [2.45, 2.75) is 44.2 Å². The van der Waals surface area contributed by atoms with Gasteiger partial charge in [0.15, 0.2) is 0 Å². The topological polar surface area (TPSA) is 53.6 Å². The van der Waals surface area contributed by atoms with Gasteiger partial charge in [-0.15, -0.1) is 0 Å². The van der Waals surface area contributed by atoms with E-state index < -0.39 is 5.60 Å². The largest absolute Gasteiger partial charge is 0.444 e. The van der Waals surface area contributed by atoms with Gasteiger partial charge in [0.2, 0.25) is 0 Å². The average molecular weight is 317 g/mol. The summed E-state index contributed by atoms with van der Waals surface area (Å²) in [5.41, 5.74) is 0.846. The van der Waals surface area contributed by atoms with E-state index in [9.17, 15) is 4.79 Å². The second kappa shape index (κ2) is 6.13. The smallest absolute Gasteiger partial charge is 0.410 e. The SMILES string of the molecule is CC(C)(C)OC(=O)N1CCC2(CNCN2)C(c2ccccc2)C1. The summed E-state index contributed by atoms with van der Waals surface area (Å²) in [6, 6.07) is 10.5. The molecule has 2 unspecified atom stereocenters. The highest BCUT2D eigenvalue weighted by atomic mass is 16.6. The number of rotatable bonds is 1. The normalized spacial score (nSPS) is 28.1. The fourth-order valence-corrected chi connectivity index (χ4v) is 3.61. The highest BCUT2D eigenvalue weighted by Gasteiger charge is 2.46. The van der Waals surface area contributed by atoms with Gasteiger partial charge in [-0.2, -0.15) is 0 Å². The molecule has 1 amide bonds. The number of piperidine rings is 1. The van der Waals surface area contributed by atoms with E-state index in [-0.39, 0.29) is 17.6 Å². The van der Waals surface area contributed by atoms with Crippen molar-refractivity contribution < 1.29 is 9.53 Å². The lowest BCUT2D eigenvalue weighted by molar-refractivity contribution is 0.0129. The summed E-state index contributed by atoms with van der Waals surface area (Å²) in [7, 11) is 0. The lowest BCUT2D eigenvalue weighted by atomic mass is 9.74. The van der Waals surface area contributed by atoms with Crippen LogP contribution in [-0.2, 0) is 4.74 Å². The number of carbonyl (C=O) groups is 1. The van der Waals surface area contributed by atoms with Crippen LogP contribution in [0.1, 0.15) is 38.7 Å². The maximum Gasteiger partial charge on any atom is 0.410 e. The first kappa shape index (κ1) is 16.3. The molecule has 1 aromatic carbocycles. The molecule has 2 saturated heterocycles. The number of benzene rings is 1. The van der Waals surface area contributed by atoms with E-state index in [0.717, 1.165) is 26.2 Å². The summed E-state index contributed by atoms with van der Waals surface area (Å²) in [5, 5.41) is 7.06. The molecule has 0 bridgehead atoms. The second-order valence-electron chi connectivity index (χ2n) is 7.58. The number of hydrogen-bond acceptors (Lipinski definition) is 4. The fraction of sp³-hybridized carbons (Fsp3) is 0.611. The van der Waals surface area contributed by atoms with Crippen LogP contribution in [0.5, 0.6) is 0 Å². The van der Waals surface area contributed by atoms with Crippen molar-refractivity contribution in [2.75, 3.05) is 26.3 Å². The van der Waals surface area contributed by atoms with Crippen molar-refractivity contribution in [3.05, 3.63) is 35.9 Å². The highest BCUT2D eigenvalue weighted by Crippen LogP contribution is 2.37. The van der Waals surface area contributed by atoms with Crippen LogP contribution >= 0.6 is 0 Å². The van der Waals surface area contributed by atoms with E-state index in [2.05, 4.69) is 34.9 Å². The zero-order chi connectivity index (χ0) is 16.5. The zero-order valence-corrected chi connectivity index (χ0v) is 14.3. The first-order valence-corrected chi connectivity index (χ1v) is 8.38. The maximum atomic E-state index is 12.5. The van der Waals surface area contributed by atoms with Gasteiger partial charge in [0.1, 0.15) is 5.60 Å². The van der Waals surface area contributed by atoms with Gasteiger partial charge in [0.25, 0.3) is 0 Å². The molecule has 5 heteroatoms. The molecule has 3 rings (SSSR count). The van der Waals surface area contributed by atoms with E-state index in [1.54, 1.807) is 0 Å². The molecule has 1 spiro atoms. The lowest BCUT2D eigenvalue weighted by Gasteiger charge is -2.46. The summed E-state index contributed by atoms with van der Waals surface area (Å²) in [5.74, 6) is 0.264. The Hall–Kier alpha value is -1.59. The van der Waals surface area contributed by atoms with Crippen molar-refractivity contribution in [1.29, 1.82) is 0 Å². The summed E-state index contributed by atoms with van der Waals surface area (Å²) < 4.78 is 5.56. The third-order valence-corrected chi connectivity index (χ3v) is 4.76. The minimum atomic E-state index is -0.457. The highest BCUT2D eigenvalue weighted by molar-refractivity contribution is 5.68. The number of nitrogens with zero attached hydrogens (tertiary/aromatic N) is 1. The second-order valence-corrected chi connectivity index (χ2v) is 7.58. The molecule has 2 aliphatic rings. The van der Waals surface area contributed by atoms with Crippen molar-refractivity contribution >= 4 is 6.09 Å². The van der Waals surface area contributed by atoms with Gasteiger partial charge in [0, 0.05) is 37.8 Å². The predicted octanol–water partition coefficient (Wildman–Crippen LogP) is 2.30. The predicted molar refractivity (Wildman–Crippen MR) is 90.3 cm³/mol. The molecule has 2 aliphatic heterocycles. The quantitative estimate of drug-likeness (QED) is 0.834. The van der Waals surface area contributed by atoms with Gasteiger partial charge in [-0.05, 0) is 32.8 Å². The van der Waals surface area contributed by atoms with Crippen LogP contribution in [0, 0.1) is 0 Å². The molecule has 126 valence electrons. The van der Waals surface area contributed by atoms with Gasteiger partial charge >= 0.3 is 6.09 Å². The average Bonchev–Trinajstić information content (AvgIpc) is 2.96. The van der Waals surface area contributed by atoms with Crippen molar-refractivity contribution in [3.8, 4) is 0 Å². The summed E-state index contributed by atoms with van der Waals surface area (Å²) in [6.07, 6.45) is 0.720. The third-order valence-electron chi connectivity index (χ3n) is 4.76. The lowest BCUT2D eigenvalue weighted by Crippen LogP contribution is -2.58. The summed E-state index contributed by atoms with van der Waals surface area (Å²) in [6.45, 7) is 8.92. The minimum Gasteiger partial charge on any atom is -0.444 e. The molecule has 5 nitrogen and oxygen atoms in total. The Balaban J connectivity index is 1.81. The van der Waals surface area contributed by atoms with E-state index in [1.165, 1.54) is 5.56 Å². The van der Waals surface area contributed by atoms with Crippen LogP contribution in [0.2, 0.25) is 0 Å². The van der Waals surface area contributed by atoms with Crippen LogP contribution < -0.4 is 10.6 Å². The van der Waals surface area contributed by atoms with Crippen LogP contribution in [-0.4, -0.2) is 48.4 Å². The van der Waals surface area contributed by atoms with Gasteiger partial charge in [0.05, 0.1) is 0 Å². The van der Waals surface area contributed by atoms with Crippen molar-refractivity contribution in [3.63, 3.8) is 0 Å². The fourth-order valence-electron chi connectivity index (χ4n) is 3.61. The van der Waals surface area contributed by atoms with Crippen LogP contribution in [0.15, 0.2) is 30.3 Å². The Morgan fingerprint density at radius 1 is 1.30 bits per heavy atom. The zero-order valence-electron chi connectivity index (χ0n) is 14.3. The van der Waals surface area contributed by atoms with Gasteiger partial charge in [-0.1, -0.05) is 30.3 Å². The Morgan fingerprint density at radius 2 is 2.04 bits per heavy atom. The van der Waals surface area contributed by atoms with Crippen LogP contribution in [0.25, 0.3) is 0 Å². The molecule has 0 aromatic heterocycles. The third kappa shape index (κ3) is 3.51. The summed E-state index contributed by atoms with van der Waals surface area (Å²) >= 11 is 0. The monoisotopic (exact) mass is 317 g/mol. The Bertz CT molecular complexity index is 547. The number of likely N-dealkylation sites (tertiary alicyclic amines) is 1. The first-order chi connectivity index (χ1) is 10.9. The van der Waals surface area contributed by atoms with E-state index in [1.807, 2.05) is 31.7 Å². The molecular weight excluding hydrogens is 290 g/mol. The Morgan fingerprint density at radius 3 is 2.65 bits per heavy atom. The Kier molecular flexibility index (Phi) is 4.34. The van der Waals surface area contributed by atoms with Crippen molar-refractivity contribution in [1.82, 2.24) is 15.5 Å². The minimum absolute atomic E-state index is 0.0276. The molecule has 0 saturated carbocycles. The van der Waals surface area contributed by atoms with E-state index in [4.69, 9.17) is 4.74 Å². The number of amides is 1. The van der Waals surface area contributed by atoms with Crippen LogP contribution in [0.3, 0.4) is 0 Å². The molecule has 0 aliphatic carbocycles. The molecule has 2 heterocycles. The molecular formula is C18H27N3O2. The first-order valence-electron chi connectivity index (χ1n) is 8.38. The van der Waals surface area contributed by atoms with Crippen molar-refractivity contribution in [2.24, 2.45) is 0 Å². The maximum absolute atomic E-state index is 12.5. The molecule has 2 N–H and O–H groups in total. The number of carbonyl (C=O) groups excluding carboxylic acids is 1. The molecule has 0 radical (unpaired) electrons. The summed E-state index contributed by atoms with van der Waals surface area (Å²) in [4.78, 5) is 14.3. The van der Waals surface area contributed by atoms with Crippen LogP contribution in [0.4, 0.5) is 4.79 Å². The molecule has 1 aromatic rings. The number of nitrogens with one attached hydrogen (secondary N) is 2. The molecule has 2 atom stereocenters. The Labute approximate surface area is 138 Å². The van der Waals surface area contributed by atoms with Gasteiger partial charge in [-0.3, -0.25) is 5.32 Å².